The summed E-state index contributed by atoms with van der Waals surface area (Å²) in [5.74, 6) is 1.88. The van der Waals surface area contributed by atoms with Gasteiger partial charge < -0.3 is 9.84 Å². The summed E-state index contributed by atoms with van der Waals surface area (Å²) >= 11 is 0. The van der Waals surface area contributed by atoms with Gasteiger partial charge in [0.15, 0.2) is 5.75 Å². The number of rotatable bonds is 8. The van der Waals surface area contributed by atoms with Crippen molar-refractivity contribution in [2.24, 2.45) is 0 Å². The number of phenols is 1. The summed E-state index contributed by atoms with van der Waals surface area (Å²) in [6.07, 6.45) is 0.753. The van der Waals surface area contributed by atoms with Crippen molar-refractivity contribution in [2.45, 2.75) is 40.0 Å². The monoisotopic (exact) mass is 473 g/mol. The Morgan fingerprint density at radius 3 is 2.35 bits per heavy atom. The fourth-order valence-corrected chi connectivity index (χ4v) is 4.92. The van der Waals surface area contributed by atoms with Crippen molar-refractivity contribution in [1.29, 1.82) is 0 Å². The molecule has 0 aliphatic rings. The summed E-state index contributed by atoms with van der Waals surface area (Å²) in [6, 6.07) is 23.4. The van der Waals surface area contributed by atoms with Gasteiger partial charge in [-0.3, -0.25) is 4.52 Å². The van der Waals surface area contributed by atoms with E-state index >= 15 is 0 Å². The molecule has 34 heavy (non-hydrogen) atoms. The van der Waals surface area contributed by atoms with Crippen molar-refractivity contribution in [2.75, 3.05) is 6.35 Å². The number of hydrogen-bond acceptors (Lipinski definition) is 4. The first-order chi connectivity index (χ1) is 16.3. The summed E-state index contributed by atoms with van der Waals surface area (Å²) in [4.78, 5) is 0. The van der Waals surface area contributed by atoms with Crippen LogP contribution in [0.4, 0.5) is 0 Å². The van der Waals surface area contributed by atoms with E-state index in [2.05, 4.69) is 33.8 Å². The zero-order valence-corrected chi connectivity index (χ0v) is 20.9. The maximum Gasteiger partial charge on any atom is 0.598 e. The van der Waals surface area contributed by atoms with E-state index in [4.69, 9.17) is 9.26 Å². The van der Waals surface area contributed by atoms with Crippen LogP contribution in [0.2, 0.25) is 0 Å². The van der Waals surface area contributed by atoms with Crippen LogP contribution >= 0.6 is 8.03 Å². The predicted octanol–water partition coefficient (Wildman–Crippen LogP) is 8.03. The Morgan fingerprint density at radius 1 is 0.912 bits per heavy atom. The van der Waals surface area contributed by atoms with Crippen LogP contribution in [0.25, 0.3) is 10.8 Å². The molecule has 0 aliphatic carbocycles. The third-order valence-electron chi connectivity index (χ3n) is 6.05. The largest absolute Gasteiger partial charge is 0.598 e. The van der Waals surface area contributed by atoms with Gasteiger partial charge in [0.1, 0.15) is 11.5 Å². The van der Waals surface area contributed by atoms with Gasteiger partial charge in [0.25, 0.3) is 0 Å². The van der Waals surface area contributed by atoms with E-state index in [1.54, 1.807) is 6.07 Å². The molecular formula is C29H30O4P+. The molecule has 4 nitrogen and oxygen atoms in total. The lowest BCUT2D eigenvalue weighted by Gasteiger charge is -2.14. The lowest BCUT2D eigenvalue weighted by atomic mass is 9.93. The molecule has 0 aromatic heterocycles. The lowest BCUT2D eigenvalue weighted by molar-refractivity contribution is 0.362. The third-order valence-corrected chi connectivity index (χ3v) is 6.79. The Bertz CT molecular complexity index is 1320. The fourth-order valence-electron chi connectivity index (χ4n) is 4.23. The number of fused-ring (bicyclic) bond motifs is 1. The van der Waals surface area contributed by atoms with E-state index in [1.807, 2.05) is 60.7 Å². The molecule has 0 aliphatic heterocycles. The van der Waals surface area contributed by atoms with Crippen molar-refractivity contribution in [3.8, 4) is 17.2 Å². The Morgan fingerprint density at radius 2 is 1.62 bits per heavy atom. The molecule has 4 aromatic carbocycles. The Balaban J connectivity index is 1.44. The molecule has 0 saturated heterocycles. The minimum Gasteiger partial charge on any atom is -0.508 e. The van der Waals surface area contributed by atoms with Crippen molar-refractivity contribution in [1.82, 2.24) is 0 Å². The molecule has 0 amide bonds. The molecule has 4 rings (SSSR count). The van der Waals surface area contributed by atoms with Crippen molar-refractivity contribution in [3.63, 3.8) is 0 Å². The maximum absolute atomic E-state index is 12.6. The van der Waals surface area contributed by atoms with E-state index in [1.165, 1.54) is 5.56 Å². The standard InChI is InChI=1S/C29H29O4P/c1-19(2)26-16-22(12-13-28(26)30)17-27-20(3)14-24(15-21(27)4)32-18-34(31)33-29-11-7-9-23-8-5-6-10-25(23)29/h5-16,19H,17-18H2,1-4H3/p+1. The normalized spacial score (nSPS) is 11.6. The van der Waals surface area contributed by atoms with Crippen LogP contribution in [-0.4, -0.2) is 11.5 Å². The SMILES string of the molecule is Cc1cc(OC[P+](=O)Oc2cccc3ccccc23)cc(C)c1Cc1ccc(O)c(C(C)C)c1. The summed E-state index contributed by atoms with van der Waals surface area (Å²) < 4.78 is 24.2. The van der Waals surface area contributed by atoms with Crippen LogP contribution in [0.5, 0.6) is 17.2 Å². The maximum atomic E-state index is 12.6. The molecule has 5 heteroatoms. The first kappa shape index (κ1) is 23.8. The van der Waals surface area contributed by atoms with E-state index in [0.29, 0.717) is 17.2 Å². The van der Waals surface area contributed by atoms with Gasteiger partial charge in [-0.05, 0) is 88.2 Å². The molecule has 0 bridgehead atoms. The average Bonchev–Trinajstić information content (AvgIpc) is 2.81. The second kappa shape index (κ2) is 10.3. The number of benzene rings is 4. The zero-order chi connectivity index (χ0) is 24.2. The molecular weight excluding hydrogens is 443 g/mol. The second-order valence-corrected chi connectivity index (χ2v) is 10.0. The highest BCUT2D eigenvalue weighted by Gasteiger charge is 2.22. The Hall–Kier alpha value is -3.36. The van der Waals surface area contributed by atoms with E-state index < -0.39 is 8.03 Å². The number of phenolic OH excluding ortho intramolecular Hbond substituents is 1. The predicted molar refractivity (Wildman–Crippen MR) is 139 cm³/mol. The zero-order valence-electron chi connectivity index (χ0n) is 20.0. The smallest absolute Gasteiger partial charge is 0.508 e. The molecule has 0 radical (unpaired) electrons. The quantitative estimate of drug-likeness (QED) is 0.263. The Labute approximate surface area is 202 Å². The molecule has 0 spiro atoms. The number of aryl methyl sites for hydroxylation is 2. The van der Waals surface area contributed by atoms with Gasteiger partial charge in [-0.25, -0.2) is 0 Å². The topological polar surface area (TPSA) is 55.8 Å². The third kappa shape index (κ3) is 5.40. The van der Waals surface area contributed by atoms with Crippen LogP contribution in [0.15, 0.2) is 72.8 Å². The van der Waals surface area contributed by atoms with Crippen LogP contribution < -0.4 is 9.26 Å². The number of aromatic hydroxyl groups is 1. The van der Waals surface area contributed by atoms with E-state index in [-0.39, 0.29) is 12.3 Å². The van der Waals surface area contributed by atoms with Crippen LogP contribution in [0, 0.1) is 13.8 Å². The van der Waals surface area contributed by atoms with Crippen LogP contribution in [-0.2, 0) is 11.0 Å². The van der Waals surface area contributed by atoms with Gasteiger partial charge in [0.05, 0.1) is 0 Å². The van der Waals surface area contributed by atoms with Gasteiger partial charge in [-0.2, -0.15) is 0 Å². The van der Waals surface area contributed by atoms with Crippen LogP contribution in [0.3, 0.4) is 0 Å². The van der Waals surface area contributed by atoms with Gasteiger partial charge in [-0.1, -0.05) is 62.4 Å². The summed E-state index contributed by atoms with van der Waals surface area (Å²) in [5, 5.41) is 12.1. The number of hydrogen-bond donors (Lipinski definition) is 1. The van der Waals surface area contributed by atoms with Crippen molar-refractivity contribution >= 4 is 18.8 Å². The van der Waals surface area contributed by atoms with Crippen LogP contribution in [0.1, 0.15) is 47.6 Å². The van der Waals surface area contributed by atoms with Gasteiger partial charge >= 0.3 is 14.4 Å². The highest BCUT2D eigenvalue weighted by atomic mass is 31.1. The summed E-state index contributed by atoms with van der Waals surface area (Å²) in [6.45, 7) is 8.28. The average molecular weight is 474 g/mol. The van der Waals surface area contributed by atoms with Gasteiger partial charge in [0.2, 0.25) is 0 Å². The second-order valence-electron chi connectivity index (χ2n) is 8.94. The lowest BCUT2D eigenvalue weighted by Crippen LogP contribution is -2.01. The molecule has 4 aromatic rings. The fraction of sp³-hybridized carbons (Fsp3) is 0.241. The molecule has 1 unspecified atom stereocenters. The first-order valence-corrected chi connectivity index (χ1v) is 12.8. The van der Waals surface area contributed by atoms with E-state index in [9.17, 15) is 9.67 Å². The van der Waals surface area contributed by atoms with Gasteiger partial charge in [0, 0.05) is 5.39 Å². The molecule has 0 fully saturated rings. The van der Waals surface area contributed by atoms with Crippen molar-refractivity contribution in [3.05, 3.63) is 101 Å². The molecule has 174 valence electrons. The minimum absolute atomic E-state index is 0.0213. The molecule has 0 heterocycles. The van der Waals surface area contributed by atoms with Gasteiger partial charge in [-0.15, -0.1) is 0 Å². The first-order valence-electron chi connectivity index (χ1n) is 11.5. The molecule has 1 atom stereocenters. The highest BCUT2D eigenvalue weighted by molar-refractivity contribution is 7.39. The number of ether oxygens (including phenoxy) is 1. The van der Waals surface area contributed by atoms with E-state index in [0.717, 1.165) is 39.4 Å². The van der Waals surface area contributed by atoms with Crippen molar-refractivity contribution < 1.29 is 18.9 Å². The minimum atomic E-state index is -2.03. The highest BCUT2D eigenvalue weighted by Crippen LogP contribution is 2.34. The molecule has 1 N–H and O–H groups in total. The summed E-state index contributed by atoms with van der Waals surface area (Å²) in [7, 11) is -2.03. The summed E-state index contributed by atoms with van der Waals surface area (Å²) in [5.41, 5.74) is 5.57. The molecule has 0 saturated carbocycles. The Kier molecular flexibility index (Phi) is 7.19.